The predicted octanol–water partition coefficient (Wildman–Crippen LogP) is 5.33. The summed E-state index contributed by atoms with van der Waals surface area (Å²) in [6, 6.07) is 14.1. The summed E-state index contributed by atoms with van der Waals surface area (Å²) in [6.07, 6.45) is 0. The third-order valence-electron chi connectivity index (χ3n) is 6.23. The van der Waals surface area contributed by atoms with Crippen LogP contribution in [-0.4, -0.2) is 59.0 Å². The van der Waals surface area contributed by atoms with Crippen molar-refractivity contribution in [2.75, 3.05) is 10.6 Å². The Kier molecular flexibility index (Phi) is 8.85. The minimum absolute atomic E-state index is 0.00390. The maximum atomic E-state index is 12.2. The van der Waals surface area contributed by atoms with Gasteiger partial charge in [0.15, 0.2) is 5.75 Å². The molecule has 47 heavy (non-hydrogen) atoms. The third-order valence-corrected chi connectivity index (χ3v) is 9.00. The van der Waals surface area contributed by atoms with Crippen LogP contribution in [0.3, 0.4) is 0 Å². The first kappa shape index (κ1) is 33.5. The molecule has 0 atom stereocenters. The Bertz CT molecular complexity index is 2440. The summed E-state index contributed by atoms with van der Waals surface area (Å²) in [7, 11) is -14.2. The van der Waals surface area contributed by atoms with Gasteiger partial charge in [-0.2, -0.15) is 40.2 Å². The number of phenolic OH excluding ortho intramolecular Hbond substituents is 1. The van der Waals surface area contributed by atoms with Gasteiger partial charge in [-0.25, -0.2) is 0 Å². The fraction of sp³-hybridized carbons (Fsp3) is 0.0385. The van der Waals surface area contributed by atoms with Gasteiger partial charge in [-0.1, -0.05) is 18.2 Å². The second-order valence-electron chi connectivity index (χ2n) is 9.63. The zero-order chi connectivity index (χ0) is 34.3. The van der Waals surface area contributed by atoms with Crippen molar-refractivity contribution >= 4 is 87.4 Å². The zero-order valence-corrected chi connectivity index (χ0v) is 26.6. The Morgan fingerprint density at radius 3 is 1.96 bits per heavy atom. The number of halogens is 1. The molecule has 244 valence electrons. The Balaban J connectivity index is 1.53. The lowest BCUT2D eigenvalue weighted by molar-refractivity contribution is 0.472. The van der Waals surface area contributed by atoms with Crippen LogP contribution in [-0.2, 0) is 30.4 Å². The number of phenols is 1. The standard InChI is InChI=1S/C26H20ClN7O10S3/c1-13-5-8-19(20(9-13)46(39,40)41)33-34-22-21(47(42,43)44)10-14-6-7-16(12-18(14)23(22)35)29-26-31-24(27)30-25(32-26)28-15-3-2-4-17(11-15)45(36,37)38/h2-12,35H,1H3,(H,36,37,38)(H,39,40,41)(H,42,43,44)(H2,28,29,30,31,32). The fourth-order valence-corrected chi connectivity index (χ4v) is 6.23. The van der Waals surface area contributed by atoms with Gasteiger partial charge in [0.2, 0.25) is 17.2 Å². The van der Waals surface area contributed by atoms with Gasteiger partial charge in [0.05, 0.1) is 4.90 Å². The molecule has 17 nitrogen and oxygen atoms in total. The molecule has 21 heteroatoms. The van der Waals surface area contributed by atoms with Crippen molar-refractivity contribution in [3.8, 4) is 5.75 Å². The summed E-state index contributed by atoms with van der Waals surface area (Å²) < 4.78 is 99.8. The Labute approximate surface area is 271 Å². The van der Waals surface area contributed by atoms with Crippen molar-refractivity contribution in [2.45, 2.75) is 21.6 Å². The lowest BCUT2D eigenvalue weighted by Crippen LogP contribution is -2.05. The maximum absolute atomic E-state index is 12.2. The largest absolute Gasteiger partial charge is 0.505 e. The number of azo groups is 1. The lowest BCUT2D eigenvalue weighted by atomic mass is 10.1. The number of benzene rings is 4. The van der Waals surface area contributed by atoms with Gasteiger partial charge >= 0.3 is 0 Å². The number of aromatic hydroxyl groups is 1. The van der Waals surface area contributed by atoms with E-state index in [0.29, 0.717) is 5.56 Å². The highest BCUT2D eigenvalue weighted by Gasteiger charge is 2.23. The van der Waals surface area contributed by atoms with E-state index in [9.17, 15) is 44.0 Å². The average molecular weight is 722 g/mol. The Morgan fingerprint density at radius 2 is 1.34 bits per heavy atom. The number of aryl methyl sites for hydroxylation is 1. The average Bonchev–Trinajstić information content (AvgIpc) is 2.96. The number of hydrogen-bond donors (Lipinski definition) is 6. The Morgan fingerprint density at radius 1 is 0.702 bits per heavy atom. The first-order valence-corrected chi connectivity index (χ1v) is 17.4. The van der Waals surface area contributed by atoms with Gasteiger partial charge in [-0.15, -0.1) is 10.2 Å². The molecule has 0 amide bonds. The van der Waals surface area contributed by atoms with Gasteiger partial charge in [0.25, 0.3) is 30.4 Å². The normalized spacial score (nSPS) is 12.4. The van der Waals surface area contributed by atoms with E-state index in [2.05, 4.69) is 35.8 Å². The van der Waals surface area contributed by atoms with Crippen LogP contribution < -0.4 is 10.6 Å². The SMILES string of the molecule is Cc1ccc(N=Nc2c(S(=O)(=O)O)cc3ccc(Nc4nc(Cl)nc(Nc5cccc(S(=O)(=O)O)c5)n4)cc3c2O)c(S(=O)(=O)O)c1. The van der Waals surface area contributed by atoms with Gasteiger partial charge in [0.1, 0.15) is 21.2 Å². The summed E-state index contributed by atoms with van der Waals surface area (Å²) in [6.45, 7) is 1.56. The molecule has 4 aromatic carbocycles. The zero-order valence-electron chi connectivity index (χ0n) is 23.4. The van der Waals surface area contributed by atoms with Crippen LogP contribution in [0, 0.1) is 6.92 Å². The molecular formula is C26H20ClN7O10S3. The molecule has 0 radical (unpaired) electrons. The number of nitrogens with zero attached hydrogens (tertiary/aromatic N) is 5. The molecule has 0 bridgehead atoms. The molecule has 6 N–H and O–H groups in total. The molecule has 5 aromatic rings. The van der Waals surface area contributed by atoms with Crippen LogP contribution in [0.2, 0.25) is 5.28 Å². The van der Waals surface area contributed by atoms with E-state index >= 15 is 0 Å². The summed E-state index contributed by atoms with van der Waals surface area (Å²) in [4.78, 5) is 10.2. The second-order valence-corrected chi connectivity index (χ2v) is 14.2. The Hall–Kier alpha value is -4.83. The molecule has 5 rings (SSSR count). The third kappa shape index (κ3) is 7.77. The van der Waals surface area contributed by atoms with E-state index in [1.807, 2.05) is 0 Å². The van der Waals surface area contributed by atoms with Crippen molar-refractivity contribution in [1.82, 2.24) is 15.0 Å². The van der Waals surface area contributed by atoms with Crippen LogP contribution in [0.5, 0.6) is 5.75 Å². The second kappa shape index (κ2) is 12.4. The minimum Gasteiger partial charge on any atom is -0.505 e. The number of nitrogens with one attached hydrogen (secondary N) is 2. The van der Waals surface area contributed by atoms with Gasteiger partial charge in [-0.3, -0.25) is 13.7 Å². The van der Waals surface area contributed by atoms with Crippen molar-refractivity contribution < 1.29 is 44.0 Å². The molecule has 0 aliphatic carbocycles. The molecule has 0 fully saturated rings. The van der Waals surface area contributed by atoms with E-state index in [-0.39, 0.29) is 49.9 Å². The van der Waals surface area contributed by atoms with E-state index in [1.165, 1.54) is 48.5 Å². The first-order chi connectivity index (χ1) is 21.9. The summed E-state index contributed by atoms with van der Waals surface area (Å²) >= 11 is 6.05. The van der Waals surface area contributed by atoms with Crippen molar-refractivity contribution in [2.24, 2.45) is 10.2 Å². The molecular weight excluding hydrogens is 702 g/mol. The van der Waals surface area contributed by atoms with Crippen molar-refractivity contribution in [1.29, 1.82) is 0 Å². The predicted molar refractivity (Wildman–Crippen MR) is 168 cm³/mol. The monoisotopic (exact) mass is 721 g/mol. The van der Waals surface area contributed by atoms with Crippen molar-refractivity contribution in [3.63, 3.8) is 0 Å². The van der Waals surface area contributed by atoms with Crippen molar-refractivity contribution in [3.05, 3.63) is 77.6 Å². The summed E-state index contributed by atoms with van der Waals surface area (Å²) in [5, 5.41) is 24.0. The highest BCUT2D eigenvalue weighted by atomic mass is 35.5. The van der Waals surface area contributed by atoms with Gasteiger partial charge < -0.3 is 15.7 Å². The number of hydrogen-bond acceptors (Lipinski definition) is 14. The molecule has 0 spiro atoms. The molecule has 0 saturated carbocycles. The maximum Gasteiger partial charge on any atom is 0.296 e. The van der Waals surface area contributed by atoms with Gasteiger partial charge in [-0.05, 0) is 78.0 Å². The quantitative estimate of drug-likeness (QED) is 0.0828. The highest BCUT2D eigenvalue weighted by molar-refractivity contribution is 7.86. The molecule has 0 saturated heterocycles. The van der Waals surface area contributed by atoms with Crippen LogP contribution in [0.4, 0.5) is 34.6 Å². The van der Waals surface area contributed by atoms with E-state index in [1.54, 1.807) is 6.92 Å². The highest BCUT2D eigenvalue weighted by Crippen LogP contribution is 2.42. The smallest absolute Gasteiger partial charge is 0.296 e. The lowest BCUT2D eigenvalue weighted by Gasteiger charge is -2.12. The van der Waals surface area contributed by atoms with Crippen LogP contribution in [0.25, 0.3) is 10.8 Å². The molecule has 0 aliphatic heterocycles. The van der Waals surface area contributed by atoms with E-state index in [0.717, 1.165) is 18.2 Å². The molecule has 1 heterocycles. The number of rotatable bonds is 9. The summed E-state index contributed by atoms with van der Waals surface area (Å²) in [5.41, 5.74) is -0.243. The molecule has 0 unspecified atom stereocenters. The number of anilines is 4. The van der Waals surface area contributed by atoms with Crippen LogP contribution >= 0.6 is 11.6 Å². The minimum atomic E-state index is -4.99. The number of aromatic nitrogens is 3. The molecule has 0 aliphatic rings. The fourth-order valence-electron chi connectivity index (χ4n) is 4.18. The van der Waals surface area contributed by atoms with E-state index < -0.39 is 51.6 Å². The number of fused-ring (bicyclic) bond motifs is 1. The van der Waals surface area contributed by atoms with E-state index in [4.69, 9.17) is 11.6 Å². The van der Waals surface area contributed by atoms with Crippen LogP contribution in [0.1, 0.15) is 5.56 Å². The molecule has 1 aromatic heterocycles. The van der Waals surface area contributed by atoms with Gasteiger partial charge in [0, 0.05) is 16.8 Å². The topological polar surface area (TPSA) is 271 Å². The summed E-state index contributed by atoms with van der Waals surface area (Å²) in [5.74, 6) is -1.01. The first-order valence-electron chi connectivity index (χ1n) is 12.7. The van der Waals surface area contributed by atoms with Crippen LogP contribution in [0.15, 0.2) is 91.6 Å².